The molecule has 0 bridgehead atoms. The minimum atomic E-state index is -5.33. The van der Waals surface area contributed by atoms with Crippen LogP contribution < -0.4 is 71.8 Å². The summed E-state index contributed by atoms with van der Waals surface area (Å²) in [5.41, 5.74) is 1.34. The van der Waals surface area contributed by atoms with Crippen LogP contribution in [0.1, 0.15) is 0 Å². The van der Waals surface area contributed by atoms with Gasteiger partial charge in [-0.15, -0.1) is 15.9 Å². The summed E-state index contributed by atoms with van der Waals surface area (Å²) in [6.07, 6.45) is 0. The summed E-state index contributed by atoms with van der Waals surface area (Å²) in [5, 5.41) is 5.89. The average molecular weight is 779 g/mol. The Kier molecular flexibility index (Phi) is 10.3. The second-order valence-corrected chi connectivity index (χ2v) is 20.0. The molecule has 0 aliphatic rings. The molecule has 6 nitrogen and oxygen atoms in total. The molecule has 54 heavy (non-hydrogen) atoms. The van der Waals surface area contributed by atoms with Crippen LogP contribution >= 0.6 is 31.7 Å². The summed E-state index contributed by atoms with van der Waals surface area (Å²) in [4.78, 5) is 79.4. The van der Waals surface area contributed by atoms with Gasteiger partial charge in [-0.2, -0.15) is 0 Å². The first kappa shape index (κ1) is 36.7. The molecule has 0 unspecified atom stereocenters. The fraction of sp³-hybridized carbons (Fsp3) is 0. The van der Waals surface area contributed by atoms with Crippen LogP contribution in [0.3, 0.4) is 0 Å². The van der Waals surface area contributed by atoms with Gasteiger partial charge in [0.25, 0.3) is 0 Å². The number of fused-ring (bicyclic) bond motifs is 2. The standard InChI is InChI=1S/C44H34O6P4/c45-53(46,47)41-29-39(51(31-17-5-1-6-18-31)32-19-7-2-8-20-32)43(37-27-15-13-25-35(37)41)44-38-28-16-14-26-36(38)42(54(48,49)50)30-40(44)52(33-21-9-3-10-22-33)34-23-11-4-12-24-34/h1-30H,(H2,45,46,47)(H2,48,49,50)/p-4. The Morgan fingerprint density at radius 2 is 0.537 bits per heavy atom. The van der Waals surface area contributed by atoms with Crippen LogP contribution in [-0.4, -0.2) is 0 Å². The highest BCUT2D eigenvalue weighted by Gasteiger charge is 2.31. The molecule has 0 saturated heterocycles. The van der Waals surface area contributed by atoms with Crippen molar-refractivity contribution < 1.29 is 29.4 Å². The van der Waals surface area contributed by atoms with Gasteiger partial charge in [-0.05, 0) is 81.7 Å². The summed E-state index contributed by atoms with van der Waals surface area (Å²) in [6, 6.07) is 56.1. The van der Waals surface area contributed by atoms with E-state index in [1.54, 1.807) is 24.3 Å². The van der Waals surface area contributed by atoms with E-state index in [2.05, 4.69) is 0 Å². The van der Waals surface area contributed by atoms with Crippen molar-refractivity contribution >= 4 is 95.7 Å². The van der Waals surface area contributed by atoms with E-state index >= 15 is 0 Å². The molecule has 8 rings (SSSR count). The maximum atomic E-state index is 13.2. The Bertz CT molecular complexity index is 2320. The van der Waals surface area contributed by atoms with Crippen LogP contribution in [0.15, 0.2) is 182 Å². The molecule has 8 aromatic rings. The van der Waals surface area contributed by atoms with Gasteiger partial charge in [0.1, 0.15) is 0 Å². The molecule has 0 saturated carbocycles. The van der Waals surface area contributed by atoms with Crippen molar-refractivity contribution in [2.24, 2.45) is 0 Å². The first-order chi connectivity index (χ1) is 26.1. The summed E-state index contributed by atoms with van der Waals surface area (Å²) in [5.74, 6) is 0. The molecule has 0 aliphatic heterocycles. The van der Waals surface area contributed by atoms with E-state index in [0.717, 1.165) is 21.2 Å². The molecule has 0 amide bonds. The van der Waals surface area contributed by atoms with Gasteiger partial charge in [-0.3, -0.25) is 0 Å². The van der Waals surface area contributed by atoms with Gasteiger partial charge in [-0.1, -0.05) is 170 Å². The maximum Gasteiger partial charge on any atom is 0.0848 e. The fourth-order valence-corrected chi connectivity index (χ4v) is 14.0. The molecular weight excluding hydrogens is 748 g/mol. The summed E-state index contributed by atoms with van der Waals surface area (Å²) in [7, 11) is -13.7. The predicted molar refractivity (Wildman–Crippen MR) is 217 cm³/mol. The first-order valence-corrected chi connectivity index (χ1v) is 22.9. The molecule has 8 aromatic carbocycles. The highest BCUT2D eigenvalue weighted by atomic mass is 31.2. The van der Waals surface area contributed by atoms with E-state index in [0.29, 0.717) is 32.5 Å². The molecule has 10 heteroatoms. The lowest BCUT2D eigenvalue weighted by Crippen LogP contribution is -2.43. The minimum absolute atomic E-state index is 0.266. The third-order valence-electron chi connectivity index (χ3n) is 9.38. The molecular formula is C44H30O6P4-4. The van der Waals surface area contributed by atoms with Crippen molar-refractivity contribution in [3.63, 3.8) is 0 Å². The third-order valence-corrected chi connectivity index (χ3v) is 16.2. The smallest absolute Gasteiger partial charge is 0.0848 e. The van der Waals surface area contributed by atoms with Crippen molar-refractivity contribution in [2.75, 3.05) is 0 Å². The Morgan fingerprint density at radius 1 is 0.296 bits per heavy atom. The number of rotatable bonds is 9. The SMILES string of the molecule is [O-][P+]([O-])([O-])c1cc(P(c2ccccc2)c2ccccc2)c(-c2c(P(c3ccccc3)c3ccccc3)cc([P+]([O-])([O-])[O-])c3ccccc23)c2ccccc12. The van der Waals surface area contributed by atoms with Crippen LogP contribution in [0.5, 0.6) is 0 Å². The van der Waals surface area contributed by atoms with Crippen LogP contribution in [0.2, 0.25) is 0 Å². The summed E-state index contributed by atoms with van der Waals surface area (Å²) < 4.78 is 0. The van der Waals surface area contributed by atoms with E-state index in [1.165, 1.54) is 12.1 Å². The van der Waals surface area contributed by atoms with E-state index in [-0.39, 0.29) is 21.4 Å². The van der Waals surface area contributed by atoms with Crippen LogP contribution in [-0.2, 0) is 0 Å². The topological polar surface area (TPSA) is 138 Å². The third kappa shape index (κ3) is 7.04. The van der Waals surface area contributed by atoms with Crippen molar-refractivity contribution in [1.82, 2.24) is 0 Å². The lowest BCUT2D eigenvalue weighted by molar-refractivity contribution is -0.423. The molecule has 0 heterocycles. The van der Waals surface area contributed by atoms with Gasteiger partial charge in [0.2, 0.25) is 0 Å². The zero-order valence-electron chi connectivity index (χ0n) is 28.6. The molecule has 0 aromatic heterocycles. The zero-order valence-corrected chi connectivity index (χ0v) is 32.1. The Hall–Kier alpha value is -4.24. The van der Waals surface area contributed by atoms with Crippen molar-refractivity contribution in [3.05, 3.63) is 182 Å². The lowest BCUT2D eigenvalue weighted by atomic mass is 9.93. The highest BCUT2D eigenvalue weighted by Crippen LogP contribution is 2.48. The Balaban J connectivity index is 1.63. The van der Waals surface area contributed by atoms with Gasteiger partial charge in [0, 0.05) is 10.8 Å². The number of hydrogen-bond donors (Lipinski definition) is 0. The minimum Gasteiger partial charge on any atom is -0.683 e. The van der Waals surface area contributed by atoms with Gasteiger partial charge in [0.15, 0.2) is 0 Å². The first-order valence-electron chi connectivity index (χ1n) is 17.1. The van der Waals surface area contributed by atoms with Gasteiger partial charge < -0.3 is 29.4 Å². The van der Waals surface area contributed by atoms with Gasteiger partial charge in [-0.25, -0.2) is 0 Å². The maximum absolute atomic E-state index is 13.2. The van der Waals surface area contributed by atoms with Crippen LogP contribution in [0.25, 0.3) is 32.7 Å². The highest BCUT2D eigenvalue weighted by molar-refractivity contribution is 7.81. The molecule has 0 aliphatic carbocycles. The molecule has 0 atom stereocenters. The number of benzene rings is 8. The summed E-state index contributed by atoms with van der Waals surface area (Å²) >= 11 is 0. The van der Waals surface area contributed by atoms with Crippen molar-refractivity contribution in [2.45, 2.75) is 0 Å². The number of hydrogen-bond acceptors (Lipinski definition) is 6. The van der Waals surface area contributed by atoms with E-state index < -0.39 is 31.7 Å². The second-order valence-electron chi connectivity index (χ2n) is 12.7. The molecule has 0 fully saturated rings. The van der Waals surface area contributed by atoms with E-state index in [1.807, 2.05) is 146 Å². The van der Waals surface area contributed by atoms with Crippen LogP contribution in [0, 0.1) is 0 Å². The van der Waals surface area contributed by atoms with E-state index in [4.69, 9.17) is 0 Å². The predicted octanol–water partition coefficient (Wildman–Crippen LogP) is 2.11. The normalized spacial score (nSPS) is 12.2. The quantitative estimate of drug-likeness (QED) is 0.206. The zero-order chi connectivity index (χ0) is 37.5. The lowest BCUT2D eigenvalue weighted by Gasteiger charge is -2.44. The monoisotopic (exact) mass is 778 g/mol. The molecule has 0 N–H and O–H groups in total. The molecule has 0 radical (unpaired) electrons. The van der Waals surface area contributed by atoms with E-state index in [9.17, 15) is 29.4 Å². The largest absolute Gasteiger partial charge is 0.683 e. The van der Waals surface area contributed by atoms with Gasteiger partial charge in [0.05, 0.1) is 10.6 Å². The van der Waals surface area contributed by atoms with Crippen molar-refractivity contribution in [3.8, 4) is 11.1 Å². The Labute approximate surface area is 317 Å². The Morgan fingerprint density at radius 3 is 0.796 bits per heavy atom. The van der Waals surface area contributed by atoms with Crippen molar-refractivity contribution in [1.29, 1.82) is 0 Å². The second kappa shape index (κ2) is 15.1. The van der Waals surface area contributed by atoms with Crippen LogP contribution in [0.4, 0.5) is 0 Å². The summed E-state index contributed by atoms with van der Waals surface area (Å²) in [6.45, 7) is 0. The molecule has 266 valence electrons. The molecule has 0 spiro atoms. The fourth-order valence-electron chi connectivity index (χ4n) is 7.18. The van der Waals surface area contributed by atoms with Gasteiger partial charge >= 0.3 is 0 Å². The average Bonchev–Trinajstić information content (AvgIpc) is 3.18.